The number of Topliss-reactive ketones (excluding diaryl/α,β-unsaturated/α-hetero) is 1. The van der Waals surface area contributed by atoms with Gasteiger partial charge in [0.2, 0.25) is 0 Å². The Labute approximate surface area is 80.5 Å². The lowest BCUT2D eigenvalue weighted by molar-refractivity contribution is 0.0984. The normalized spacial score (nSPS) is 11.5. The molecular weight excluding hydrogens is 210 g/mol. The lowest BCUT2D eigenvalue weighted by Crippen LogP contribution is -2.09. The molecule has 0 aliphatic carbocycles. The van der Waals surface area contributed by atoms with Gasteiger partial charge in [-0.15, -0.1) is 11.3 Å². The highest BCUT2D eigenvalue weighted by molar-refractivity contribution is 7.90. The summed E-state index contributed by atoms with van der Waals surface area (Å²) in [5.41, 5.74) is 1.90. The van der Waals surface area contributed by atoms with Crippen LogP contribution in [0.15, 0.2) is 10.9 Å². The SMILES string of the molecule is CS(=O)(=O)CCC(=O)c1cscn1. The van der Waals surface area contributed by atoms with Gasteiger partial charge in [0.05, 0.1) is 11.3 Å². The van der Waals surface area contributed by atoms with Crippen molar-refractivity contribution in [2.24, 2.45) is 0 Å². The minimum absolute atomic E-state index is 0.0164. The first-order valence-electron chi connectivity index (χ1n) is 3.58. The number of hydrogen-bond acceptors (Lipinski definition) is 5. The highest BCUT2D eigenvalue weighted by Crippen LogP contribution is 2.05. The molecule has 0 saturated carbocycles. The lowest BCUT2D eigenvalue weighted by atomic mass is 10.2. The number of sulfone groups is 1. The van der Waals surface area contributed by atoms with E-state index in [2.05, 4.69) is 4.98 Å². The zero-order valence-corrected chi connectivity index (χ0v) is 8.69. The Bertz CT molecular complexity index is 380. The molecular formula is C7H9NO3S2. The van der Waals surface area contributed by atoms with E-state index < -0.39 is 9.84 Å². The lowest BCUT2D eigenvalue weighted by Gasteiger charge is -1.95. The Morgan fingerprint density at radius 1 is 1.62 bits per heavy atom. The second-order valence-electron chi connectivity index (χ2n) is 2.68. The van der Waals surface area contributed by atoms with Crippen LogP contribution in [0.1, 0.15) is 16.9 Å². The Hall–Kier alpha value is -0.750. The molecule has 1 heterocycles. The molecule has 0 radical (unpaired) electrons. The molecule has 13 heavy (non-hydrogen) atoms. The summed E-state index contributed by atoms with van der Waals surface area (Å²) in [5, 5.41) is 1.62. The molecule has 0 N–H and O–H groups in total. The molecule has 0 aromatic carbocycles. The third-order valence-electron chi connectivity index (χ3n) is 1.42. The van der Waals surface area contributed by atoms with Crippen molar-refractivity contribution in [2.45, 2.75) is 6.42 Å². The summed E-state index contributed by atoms with van der Waals surface area (Å²) in [6.45, 7) is 0. The molecule has 0 saturated heterocycles. The summed E-state index contributed by atoms with van der Waals surface area (Å²) < 4.78 is 21.5. The van der Waals surface area contributed by atoms with Gasteiger partial charge in [-0.3, -0.25) is 4.79 Å². The summed E-state index contributed by atoms with van der Waals surface area (Å²) in [5.74, 6) is -0.324. The van der Waals surface area contributed by atoms with Crippen LogP contribution < -0.4 is 0 Å². The van der Waals surface area contributed by atoms with Crippen LogP contribution >= 0.6 is 11.3 Å². The van der Waals surface area contributed by atoms with Crippen molar-refractivity contribution in [1.29, 1.82) is 0 Å². The summed E-state index contributed by atoms with van der Waals surface area (Å²) in [4.78, 5) is 15.0. The van der Waals surface area contributed by atoms with Crippen molar-refractivity contribution in [3.63, 3.8) is 0 Å². The first kappa shape index (κ1) is 10.3. The van der Waals surface area contributed by atoms with Crippen molar-refractivity contribution >= 4 is 27.0 Å². The third-order valence-corrected chi connectivity index (χ3v) is 2.95. The Morgan fingerprint density at radius 3 is 2.77 bits per heavy atom. The predicted molar refractivity (Wildman–Crippen MR) is 50.8 cm³/mol. The Morgan fingerprint density at radius 2 is 2.31 bits per heavy atom. The predicted octanol–water partition coefficient (Wildman–Crippen LogP) is 0.761. The van der Waals surface area contributed by atoms with Crippen molar-refractivity contribution in [1.82, 2.24) is 4.98 Å². The smallest absolute Gasteiger partial charge is 0.183 e. The van der Waals surface area contributed by atoms with Gasteiger partial charge in [0.15, 0.2) is 5.78 Å². The Kier molecular flexibility index (Phi) is 3.16. The average Bonchev–Trinajstić information content (AvgIpc) is 2.50. The summed E-state index contributed by atoms with van der Waals surface area (Å²) in [6.07, 6.45) is 1.13. The minimum Gasteiger partial charge on any atom is -0.292 e. The molecule has 0 atom stereocenters. The van der Waals surface area contributed by atoms with E-state index >= 15 is 0 Å². The molecule has 1 aromatic heterocycles. The molecule has 1 aromatic rings. The van der Waals surface area contributed by atoms with Crippen LogP contribution in [-0.2, 0) is 9.84 Å². The van der Waals surface area contributed by atoms with E-state index in [1.54, 1.807) is 10.9 Å². The second-order valence-corrected chi connectivity index (χ2v) is 5.66. The maximum absolute atomic E-state index is 11.2. The highest BCUT2D eigenvalue weighted by Gasteiger charge is 2.11. The van der Waals surface area contributed by atoms with E-state index in [-0.39, 0.29) is 18.0 Å². The van der Waals surface area contributed by atoms with Gasteiger partial charge in [-0.1, -0.05) is 0 Å². The van der Waals surface area contributed by atoms with E-state index in [1.807, 2.05) is 0 Å². The molecule has 1 rings (SSSR count). The van der Waals surface area contributed by atoms with E-state index in [9.17, 15) is 13.2 Å². The van der Waals surface area contributed by atoms with Gasteiger partial charge in [-0.05, 0) is 0 Å². The number of nitrogens with zero attached hydrogens (tertiary/aromatic N) is 1. The van der Waals surface area contributed by atoms with Crippen LogP contribution in [0.4, 0.5) is 0 Å². The first-order chi connectivity index (χ1) is 5.99. The van der Waals surface area contributed by atoms with Gasteiger partial charge in [-0.25, -0.2) is 13.4 Å². The number of aromatic nitrogens is 1. The van der Waals surface area contributed by atoms with Crippen LogP contribution in [0.5, 0.6) is 0 Å². The molecule has 0 bridgehead atoms. The number of hydrogen-bond donors (Lipinski definition) is 0. The molecule has 0 aliphatic rings. The fourth-order valence-electron chi connectivity index (χ4n) is 0.756. The number of carbonyl (C=O) groups is 1. The first-order valence-corrected chi connectivity index (χ1v) is 6.58. The second kappa shape index (κ2) is 3.97. The standard InChI is InChI=1S/C7H9NO3S2/c1-13(10,11)3-2-7(9)6-4-12-5-8-6/h4-5H,2-3H2,1H3. The van der Waals surface area contributed by atoms with Gasteiger partial charge in [0.25, 0.3) is 0 Å². The van der Waals surface area contributed by atoms with Crippen molar-refractivity contribution in [3.8, 4) is 0 Å². The van der Waals surface area contributed by atoms with Crippen LogP contribution in [0.3, 0.4) is 0 Å². The zero-order valence-electron chi connectivity index (χ0n) is 7.06. The fraction of sp³-hybridized carbons (Fsp3) is 0.429. The monoisotopic (exact) mass is 219 g/mol. The quantitative estimate of drug-likeness (QED) is 0.701. The maximum Gasteiger partial charge on any atom is 0.183 e. The molecule has 0 amide bonds. The zero-order chi connectivity index (χ0) is 9.90. The molecule has 72 valence electrons. The summed E-state index contributed by atoms with van der Waals surface area (Å²) in [7, 11) is -3.06. The Balaban J connectivity index is 2.53. The number of thiazole rings is 1. The van der Waals surface area contributed by atoms with Crippen molar-refractivity contribution in [3.05, 3.63) is 16.6 Å². The summed E-state index contributed by atoms with van der Waals surface area (Å²) >= 11 is 1.32. The van der Waals surface area contributed by atoms with E-state index in [0.29, 0.717) is 5.69 Å². The van der Waals surface area contributed by atoms with Crippen molar-refractivity contribution < 1.29 is 13.2 Å². The summed E-state index contributed by atoms with van der Waals surface area (Å²) in [6, 6.07) is 0. The maximum atomic E-state index is 11.2. The van der Waals surface area contributed by atoms with Crippen LogP contribution in [0, 0.1) is 0 Å². The molecule has 0 fully saturated rings. The van der Waals surface area contributed by atoms with E-state index in [4.69, 9.17) is 0 Å². The minimum atomic E-state index is -3.06. The topological polar surface area (TPSA) is 64.1 Å². The van der Waals surface area contributed by atoms with Crippen LogP contribution in [0.2, 0.25) is 0 Å². The molecule has 0 unspecified atom stereocenters. The third kappa shape index (κ3) is 3.65. The van der Waals surface area contributed by atoms with Gasteiger partial charge < -0.3 is 0 Å². The number of ketones is 1. The van der Waals surface area contributed by atoms with Crippen molar-refractivity contribution in [2.75, 3.05) is 12.0 Å². The number of rotatable bonds is 4. The van der Waals surface area contributed by atoms with Gasteiger partial charge >= 0.3 is 0 Å². The van der Waals surface area contributed by atoms with Gasteiger partial charge in [0, 0.05) is 18.1 Å². The largest absolute Gasteiger partial charge is 0.292 e. The molecule has 0 spiro atoms. The van der Waals surface area contributed by atoms with Crippen LogP contribution in [0.25, 0.3) is 0 Å². The van der Waals surface area contributed by atoms with E-state index in [1.165, 1.54) is 11.3 Å². The van der Waals surface area contributed by atoms with Crippen LogP contribution in [-0.4, -0.2) is 31.2 Å². The van der Waals surface area contributed by atoms with Gasteiger partial charge in [-0.2, -0.15) is 0 Å². The number of carbonyl (C=O) groups excluding carboxylic acids is 1. The van der Waals surface area contributed by atoms with Gasteiger partial charge in [0.1, 0.15) is 15.5 Å². The molecule has 6 heteroatoms. The fourth-order valence-corrected chi connectivity index (χ4v) is 1.87. The average molecular weight is 219 g/mol. The van der Waals surface area contributed by atoms with E-state index in [0.717, 1.165) is 6.26 Å². The molecule has 0 aliphatic heterocycles. The highest BCUT2D eigenvalue weighted by atomic mass is 32.2. The molecule has 4 nitrogen and oxygen atoms in total.